The van der Waals surface area contributed by atoms with Crippen molar-refractivity contribution in [1.29, 1.82) is 0 Å². The molecule has 0 radical (unpaired) electrons. The second kappa shape index (κ2) is 6.65. The van der Waals surface area contributed by atoms with Gasteiger partial charge in [-0.25, -0.2) is 0 Å². The van der Waals surface area contributed by atoms with Crippen molar-refractivity contribution >= 4 is 38.5 Å². The van der Waals surface area contributed by atoms with Gasteiger partial charge in [0.15, 0.2) is 0 Å². The molecular weight excluding hydrogens is 343 g/mol. The minimum absolute atomic E-state index is 0.812. The van der Waals surface area contributed by atoms with E-state index in [0.29, 0.717) is 0 Å². The number of benzene rings is 1. The molecule has 1 nitrogen and oxygen atoms in total. The average Bonchev–Trinajstić information content (AvgIpc) is 2.15. The summed E-state index contributed by atoms with van der Waals surface area (Å²) in [7, 11) is 0. The zero-order valence-corrected chi connectivity index (χ0v) is 11.0. The molecule has 1 aromatic carbocycles. The Hall–Kier alpha value is 0.230. The lowest BCUT2D eigenvalue weighted by Crippen LogP contribution is -1.97. The van der Waals surface area contributed by atoms with Gasteiger partial charge in [-0.2, -0.15) is 0 Å². The Morgan fingerprint density at radius 1 is 1.15 bits per heavy atom. The van der Waals surface area contributed by atoms with E-state index >= 15 is 0 Å². The van der Waals surface area contributed by atoms with Gasteiger partial charge in [-0.05, 0) is 59.7 Å². The standard InChI is InChI=1S/C10H12BrIO/c11-7-1-2-8-13-10-5-3-9(12)4-6-10/h3-6H,1-2,7-8H2. The van der Waals surface area contributed by atoms with Gasteiger partial charge in [0, 0.05) is 8.90 Å². The number of hydrogen-bond donors (Lipinski definition) is 0. The molecule has 0 N–H and O–H groups in total. The lowest BCUT2D eigenvalue weighted by Gasteiger charge is -2.04. The molecule has 1 rings (SSSR count). The van der Waals surface area contributed by atoms with Crippen LogP contribution in [0, 0.1) is 3.57 Å². The first-order valence-electron chi connectivity index (χ1n) is 4.27. The third-order valence-corrected chi connectivity index (χ3v) is 2.89. The number of alkyl halides is 1. The van der Waals surface area contributed by atoms with Crippen molar-refractivity contribution in [2.45, 2.75) is 12.8 Å². The van der Waals surface area contributed by atoms with Crippen LogP contribution in [0.15, 0.2) is 24.3 Å². The first-order valence-corrected chi connectivity index (χ1v) is 6.47. The summed E-state index contributed by atoms with van der Waals surface area (Å²) in [5.41, 5.74) is 0. The SMILES string of the molecule is BrCCCCOc1ccc(I)cc1. The monoisotopic (exact) mass is 354 g/mol. The summed E-state index contributed by atoms with van der Waals surface area (Å²) in [5, 5.41) is 1.06. The molecule has 0 aliphatic rings. The van der Waals surface area contributed by atoms with Crippen LogP contribution < -0.4 is 4.74 Å². The van der Waals surface area contributed by atoms with Crippen LogP contribution in [0.1, 0.15) is 12.8 Å². The highest BCUT2D eigenvalue weighted by molar-refractivity contribution is 14.1. The van der Waals surface area contributed by atoms with Crippen molar-refractivity contribution in [3.05, 3.63) is 27.8 Å². The molecule has 1 aromatic rings. The molecule has 0 aliphatic carbocycles. The Morgan fingerprint density at radius 2 is 1.85 bits per heavy atom. The molecule has 0 saturated heterocycles. The summed E-state index contributed by atoms with van der Waals surface area (Å²) >= 11 is 5.67. The third kappa shape index (κ3) is 4.86. The highest BCUT2D eigenvalue weighted by atomic mass is 127. The van der Waals surface area contributed by atoms with Gasteiger partial charge in [0.25, 0.3) is 0 Å². The smallest absolute Gasteiger partial charge is 0.119 e. The quantitative estimate of drug-likeness (QED) is 0.443. The molecule has 72 valence electrons. The normalized spacial score (nSPS) is 10.0. The van der Waals surface area contributed by atoms with Crippen LogP contribution in [-0.2, 0) is 0 Å². The lowest BCUT2D eigenvalue weighted by atomic mass is 10.3. The number of hydrogen-bond acceptors (Lipinski definition) is 1. The van der Waals surface area contributed by atoms with Crippen LogP contribution in [0.5, 0.6) is 5.75 Å². The van der Waals surface area contributed by atoms with Gasteiger partial charge in [-0.15, -0.1) is 0 Å². The fourth-order valence-corrected chi connectivity index (χ4v) is 1.67. The van der Waals surface area contributed by atoms with E-state index in [4.69, 9.17) is 4.74 Å². The molecule has 0 spiro atoms. The minimum atomic E-state index is 0.812. The highest BCUT2D eigenvalue weighted by Crippen LogP contribution is 2.13. The minimum Gasteiger partial charge on any atom is -0.494 e. The Balaban J connectivity index is 2.25. The van der Waals surface area contributed by atoms with Gasteiger partial charge in [-0.3, -0.25) is 0 Å². The molecule has 3 heteroatoms. The molecule has 0 fully saturated rings. The molecule has 0 atom stereocenters. The lowest BCUT2D eigenvalue weighted by molar-refractivity contribution is 0.310. The summed E-state index contributed by atoms with van der Waals surface area (Å²) in [6.45, 7) is 0.812. The van der Waals surface area contributed by atoms with E-state index in [9.17, 15) is 0 Å². The predicted molar refractivity (Wildman–Crippen MR) is 67.7 cm³/mol. The highest BCUT2D eigenvalue weighted by Gasteiger charge is 1.92. The van der Waals surface area contributed by atoms with E-state index < -0.39 is 0 Å². The fraction of sp³-hybridized carbons (Fsp3) is 0.400. The van der Waals surface area contributed by atoms with E-state index in [1.807, 2.05) is 12.1 Å². The van der Waals surface area contributed by atoms with Crippen molar-refractivity contribution in [2.24, 2.45) is 0 Å². The van der Waals surface area contributed by atoms with Crippen molar-refractivity contribution in [3.63, 3.8) is 0 Å². The molecule has 0 heterocycles. The summed E-state index contributed by atoms with van der Waals surface area (Å²) < 4.78 is 6.78. The fourth-order valence-electron chi connectivity index (χ4n) is 0.917. The van der Waals surface area contributed by atoms with E-state index in [1.165, 1.54) is 9.99 Å². The molecule has 0 bridgehead atoms. The third-order valence-electron chi connectivity index (χ3n) is 1.61. The van der Waals surface area contributed by atoms with Gasteiger partial charge in [0.2, 0.25) is 0 Å². The zero-order chi connectivity index (χ0) is 9.52. The number of rotatable bonds is 5. The first kappa shape index (κ1) is 11.3. The first-order chi connectivity index (χ1) is 6.33. The van der Waals surface area contributed by atoms with Crippen LogP contribution in [-0.4, -0.2) is 11.9 Å². The number of unbranched alkanes of at least 4 members (excludes halogenated alkanes) is 1. The predicted octanol–water partition coefficient (Wildman–Crippen LogP) is 3.85. The maximum absolute atomic E-state index is 5.54. The van der Waals surface area contributed by atoms with E-state index in [1.54, 1.807) is 0 Å². The Kier molecular flexibility index (Phi) is 5.78. The molecule has 0 saturated carbocycles. The van der Waals surface area contributed by atoms with Crippen LogP contribution in [0.4, 0.5) is 0 Å². The molecular formula is C10H12BrIO. The molecule has 13 heavy (non-hydrogen) atoms. The van der Waals surface area contributed by atoms with Gasteiger partial charge in [0.1, 0.15) is 5.75 Å². The molecule has 0 unspecified atom stereocenters. The van der Waals surface area contributed by atoms with Gasteiger partial charge < -0.3 is 4.74 Å². The van der Waals surface area contributed by atoms with Crippen molar-refractivity contribution in [1.82, 2.24) is 0 Å². The van der Waals surface area contributed by atoms with Crippen molar-refractivity contribution in [2.75, 3.05) is 11.9 Å². The van der Waals surface area contributed by atoms with Crippen molar-refractivity contribution < 1.29 is 4.74 Å². The van der Waals surface area contributed by atoms with Crippen LogP contribution in [0.2, 0.25) is 0 Å². The summed E-state index contributed by atoms with van der Waals surface area (Å²) in [6, 6.07) is 8.13. The second-order valence-electron chi connectivity index (χ2n) is 2.70. The van der Waals surface area contributed by atoms with Crippen LogP contribution >= 0.6 is 38.5 Å². The Bertz CT molecular complexity index is 235. The average molecular weight is 355 g/mol. The van der Waals surface area contributed by atoms with E-state index in [2.05, 4.69) is 50.7 Å². The topological polar surface area (TPSA) is 9.23 Å². The largest absolute Gasteiger partial charge is 0.494 e. The van der Waals surface area contributed by atoms with E-state index in [0.717, 1.165) is 24.1 Å². The van der Waals surface area contributed by atoms with E-state index in [-0.39, 0.29) is 0 Å². The van der Waals surface area contributed by atoms with Gasteiger partial charge >= 0.3 is 0 Å². The summed E-state index contributed by atoms with van der Waals surface area (Å²) in [6.07, 6.45) is 2.28. The summed E-state index contributed by atoms with van der Waals surface area (Å²) in [4.78, 5) is 0. The Labute approximate surface area is 101 Å². The molecule has 0 aliphatic heterocycles. The van der Waals surface area contributed by atoms with Crippen molar-refractivity contribution in [3.8, 4) is 5.75 Å². The van der Waals surface area contributed by atoms with Crippen LogP contribution in [0.25, 0.3) is 0 Å². The maximum atomic E-state index is 5.54. The van der Waals surface area contributed by atoms with Gasteiger partial charge in [0.05, 0.1) is 6.61 Å². The Morgan fingerprint density at radius 3 is 2.46 bits per heavy atom. The molecule has 0 amide bonds. The zero-order valence-electron chi connectivity index (χ0n) is 7.30. The number of ether oxygens (including phenoxy) is 1. The summed E-state index contributed by atoms with van der Waals surface area (Å²) in [5.74, 6) is 0.968. The second-order valence-corrected chi connectivity index (χ2v) is 4.74. The maximum Gasteiger partial charge on any atom is 0.119 e. The number of halogens is 2. The van der Waals surface area contributed by atoms with Gasteiger partial charge in [-0.1, -0.05) is 15.9 Å². The van der Waals surface area contributed by atoms with Crippen LogP contribution in [0.3, 0.4) is 0 Å². The molecule has 0 aromatic heterocycles.